The van der Waals surface area contributed by atoms with Gasteiger partial charge < -0.3 is 10.1 Å². The van der Waals surface area contributed by atoms with Crippen LogP contribution in [-0.4, -0.2) is 24.0 Å². The number of halogens is 4. The zero-order valence-corrected chi connectivity index (χ0v) is 14.1. The molecule has 2 aromatic rings. The molecule has 138 valence electrons. The summed E-state index contributed by atoms with van der Waals surface area (Å²) < 4.78 is 42.1. The number of benzene rings is 2. The van der Waals surface area contributed by atoms with Crippen molar-refractivity contribution in [1.82, 2.24) is 0 Å². The van der Waals surface area contributed by atoms with Crippen LogP contribution in [0.25, 0.3) is 6.08 Å². The van der Waals surface area contributed by atoms with Crippen molar-refractivity contribution in [3.63, 3.8) is 0 Å². The predicted octanol–water partition coefficient (Wildman–Crippen LogP) is 4.19. The number of amides is 1. The molecule has 0 atom stereocenters. The number of hydrogen-bond acceptors (Lipinski definition) is 4. The molecule has 1 N–H and O–H groups in total. The van der Waals surface area contributed by atoms with Gasteiger partial charge in [-0.15, -0.1) is 0 Å². The van der Waals surface area contributed by atoms with Crippen molar-refractivity contribution in [2.24, 2.45) is 4.99 Å². The van der Waals surface area contributed by atoms with Gasteiger partial charge in [-0.3, -0.25) is 4.79 Å². The molecule has 1 aliphatic rings. The molecule has 1 amide bonds. The number of carbonyl (C=O) groups is 2. The van der Waals surface area contributed by atoms with Gasteiger partial charge in [0.05, 0.1) is 10.6 Å². The van der Waals surface area contributed by atoms with Gasteiger partial charge in [-0.1, -0.05) is 35.9 Å². The molecule has 0 fully saturated rings. The number of nitrogens with zero attached hydrogens (tertiary/aromatic N) is 1. The highest BCUT2D eigenvalue weighted by Crippen LogP contribution is 2.24. The summed E-state index contributed by atoms with van der Waals surface area (Å²) in [5, 5.41) is 2.09. The highest BCUT2D eigenvalue weighted by molar-refractivity contribution is 6.34. The van der Waals surface area contributed by atoms with Gasteiger partial charge >= 0.3 is 18.1 Å². The molecule has 27 heavy (non-hydrogen) atoms. The molecule has 9 heteroatoms. The zero-order valence-electron chi connectivity index (χ0n) is 13.4. The van der Waals surface area contributed by atoms with Gasteiger partial charge in [-0.05, 0) is 35.9 Å². The highest BCUT2D eigenvalue weighted by Gasteiger charge is 2.38. The lowest BCUT2D eigenvalue weighted by Gasteiger charge is -2.08. The summed E-state index contributed by atoms with van der Waals surface area (Å²) in [5.41, 5.74) is 0.658. The molecule has 0 saturated heterocycles. The Bertz CT molecular complexity index is 984. The minimum atomic E-state index is -5.00. The van der Waals surface area contributed by atoms with E-state index in [2.05, 4.69) is 4.99 Å². The minimum absolute atomic E-state index is 0.0263. The van der Waals surface area contributed by atoms with Crippen LogP contribution in [0.15, 0.2) is 59.2 Å². The van der Waals surface area contributed by atoms with Crippen molar-refractivity contribution >= 4 is 41.1 Å². The first-order valence-electron chi connectivity index (χ1n) is 7.50. The minimum Gasteiger partial charge on any atom is -0.402 e. The number of rotatable bonds is 3. The number of alkyl halides is 3. The van der Waals surface area contributed by atoms with Crippen molar-refractivity contribution in [3.05, 3.63) is 70.4 Å². The molecule has 1 aliphatic heterocycles. The lowest BCUT2D eigenvalue weighted by atomic mass is 10.1. The van der Waals surface area contributed by atoms with E-state index < -0.39 is 18.1 Å². The highest BCUT2D eigenvalue weighted by atomic mass is 35.5. The maximum absolute atomic E-state index is 12.3. The first kappa shape index (κ1) is 18.7. The van der Waals surface area contributed by atoms with Gasteiger partial charge in [0.25, 0.3) is 0 Å². The Morgan fingerprint density at radius 2 is 1.89 bits per heavy atom. The molecule has 0 aliphatic carbocycles. The first-order chi connectivity index (χ1) is 12.7. The zero-order chi connectivity index (χ0) is 19.6. The molecule has 0 unspecified atom stereocenters. The van der Waals surface area contributed by atoms with Gasteiger partial charge in [0.1, 0.15) is 0 Å². The van der Waals surface area contributed by atoms with Crippen molar-refractivity contribution < 1.29 is 27.5 Å². The summed E-state index contributed by atoms with van der Waals surface area (Å²) >= 11 is 6.04. The maximum atomic E-state index is 12.3. The molecule has 2 aromatic carbocycles. The normalized spacial score (nSPS) is 15.5. The monoisotopic (exact) mass is 394 g/mol. The summed E-state index contributed by atoms with van der Waals surface area (Å²) in [7, 11) is 0. The van der Waals surface area contributed by atoms with Gasteiger partial charge in [-0.25, -0.2) is 9.79 Å². The smallest absolute Gasteiger partial charge is 0.402 e. The van der Waals surface area contributed by atoms with E-state index in [4.69, 9.17) is 16.3 Å². The number of anilines is 1. The number of nitrogens with one attached hydrogen (secondary N) is 1. The maximum Gasteiger partial charge on any atom is 0.471 e. The summed E-state index contributed by atoms with van der Waals surface area (Å²) in [6, 6.07) is 12.2. The fourth-order valence-electron chi connectivity index (χ4n) is 2.23. The van der Waals surface area contributed by atoms with Gasteiger partial charge in [0.15, 0.2) is 5.70 Å². The Balaban J connectivity index is 1.86. The molecular formula is C18H10ClF3N2O3. The second-order valence-corrected chi connectivity index (χ2v) is 5.80. The van der Waals surface area contributed by atoms with Crippen LogP contribution in [0, 0.1) is 0 Å². The van der Waals surface area contributed by atoms with E-state index in [-0.39, 0.29) is 17.3 Å². The van der Waals surface area contributed by atoms with E-state index in [1.54, 1.807) is 29.6 Å². The van der Waals surface area contributed by atoms with Crippen LogP contribution in [0.4, 0.5) is 18.9 Å². The van der Waals surface area contributed by atoms with E-state index in [1.165, 1.54) is 30.3 Å². The Morgan fingerprint density at radius 3 is 2.59 bits per heavy atom. The lowest BCUT2D eigenvalue weighted by molar-refractivity contribution is -0.167. The fraction of sp³-hybridized carbons (Fsp3) is 0.0556. The molecular weight excluding hydrogens is 385 g/mol. The van der Waals surface area contributed by atoms with E-state index in [9.17, 15) is 22.8 Å². The third-order valence-electron chi connectivity index (χ3n) is 3.43. The number of ether oxygens (including phenoxy) is 1. The summed E-state index contributed by atoms with van der Waals surface area (Å²) in [6.07, 6.45) is -3.67. The second kappa shape index (κ2) is 7.24. The molecule has 0 bridgehead atoms. The average Bonchev–Trinajstić information content (AvgIpc) is 2.95. The molecule has 1 heterocycles. The average molecular weight is 395 g/mol. The Morgan fingerprint density at radius 1 is 1.15 bits per heavy atom. The molecule has 0 aromatic heterocycles. The summed E-state index contributed by atoms with van der Waals surface area (Å²) in [6.45, 7) is 0. The number of carbonyl (C=O) groups excluding carboxylic acids is 2. The molecule has 0 spiro atoms. The topological polar surface area (TPSA) is 67.8 Å². The summed E-state index contributed by atoms with van der Waals surface area (Å²) in [5.74, 6) is -2.79. The van der Waals surface area contributed by atoms with Crippen LogP contribution in [0.3, 0.4) is 0 Å². The van der Waals surface area contributed by atoms with Crippen LogP contribution in [0.5, 0.6) is 0 Å². The number of esters is 1. The molecule has 5 nitrogen and oxygen atoms in total. The van der Waals surface area contributed by atoms with E-state index >= 15 is 0 Å². The standard InChI is InChI=1S/C18H10ClF3N2O3/c19-13-7-2-1-6-12(13)15-24-14(16(25)27-15)9-10-4-3-5-11(8-10)23-17(26)18(20,21)22/h1-9H,(H,23,26)/b14-9-. The second-order valence-electron chi connectivity index (χ2n) is 5.39. The quantitative estimate of drug-likeness (QED) is 0.627. The van der Waals surface area contributed by atoms with Crippen LogP contribution < -0.4 is 5.32 Å². The third kappa shape index (κ3) is 4.35. The molecule has 0 saturated carbocycles. The molecule has 0 radical (unpaired) electrons. The largest absolute Gasteiger partial charge is 0.471 e. The third-order valence-corrected chi connectivity index (χ3v) is 3.76. The van der Waals surface area contributed by atoms with Crippen LogP contribution in [0.2, 0.25) is 5.02 Å². The predicted molar refractivity (Wildman–Crippen MR) is 93.2 cm³/mol. The van der Waals surface area contributed by atoms with E-state index in [1.807, 2.05) is 0 Å². The number of hydrogen-bond donors (Lipinski definition) is 1. The first-order valence-corrected chi connectivity index (χ1v) is 7.87. The van der Waals surface area contributed by atoms with Crippen LogP contribution in [-0.2, 0) is 14.3 Å². The van der Waals surface area contributed by atoms with Gasteiger partial charge in [0, 0.05) is 5.69 Å². The van der Waals surface area contributed by atoms with Gasteiger partial charge in [-0.2, -0.15) is 13.2 Å². The van der Waals surface area contributed by atoms with Crippen molar-refractivity contribution in [2.75, 3.05) is 5.32 Å². The van der Waals surface area contributed by atoms with E-state index in [0.29, 0.717) is 16.1 Å². The van der Waals surface area contributed by atoms with Crippen molar-refractivity contribution in [1.29, 1.82) is 0 Å². The molecule has 3 rings (SSSR count). The van der Waals surface area contributed by atoms with Crippen molar-refractivity contribution in [2.45, 2.75) is 6.18 Å². The van der Waals surface area contributed by atoms with E-state index in [0.717, 1.165) is 0 Å². The SMILES string of the molecule is O=C1OC(c2ccccc2Cl)=N/C1=C\c1cccc(NC(=O)C(F)(F)F)c1. The number of cyclic esters (lactones) is 1. The lowest BCUT2D eigenvalue weighted by Crippen LogP contribution is -2.29. The Labute approximate surface area is 156 Å². The van der Waals surface area contributed by atoms with Gasteiger partial charge in [0.2, 0.25) is 5.90 Å². The summed E-state index contributed by atoms with van der Waals surface area (Å²) in [4.78, 5) is 27.1. The number of aliphatic imine (C=N–C) groups is 1. The Hall–Kier alpha value is -3.13. The fourth-order valence-corrected chi connectivity index (χ4v) is 2.44. The van der Waals surface area contributed by atoms with Crippen LogP contribution in [0.1, 0.15) is 11.1 Å². The Kier molecular flexibility index (Phi) is 5.00. The van der Waals surface area contributed by atoms with Crippen molar-refractivity contribution in [3.8, 4) is 0 Å². The van der Waals surface area contributed by atoms with Crippen LogP contribution >= 0.6 is 11.6 Å².